The van der Waals surface area contributed by atoms with E-state index in [1.807, 2.05) is 6.08 Å². The molecule has 2 aliphatic rings. The van der Waals surface area contributed by atoms with Gasteiger partial charge in [0.1, 0.15) is 48.8 Å². The van der Waals surface area contributed by atoms with Crippen LogP contribution >= 0.6 is 0 Å². The van der Waals surface area contributed by atoms with Gasteiger partial charge in [0.25, 0.3) is 0 Å². The molecule has 0 aliphatic carbocycles. The number of hydrogen-bond acceptors (Lipinski definition) is 13. The van der Waals surface area contributed by atoms with E-state index in [-0.39, 0.29) is 18.9 Å². The smallest absolute Gasteiger partial charge is 0.220 e. The van der Waals surface area contributed by atoms with Gasteiger partial charge in [-0.05, 0) is 83.5 Å². The summed E-state index contributed by atoms with van der Waals surface area (Å²) in [4.78, 5) is 13.3. The average Bonchev–Trinajstić information content (AvgIpc) is 3.65. The van der Waals surface area contributed by atoms with Gasteiger partial charge >= 0.3 is 0 Å². The number of carbonyl (C=O) groups is 1. The number of rotatable bonds is 54. The van der Waals surface area contributed by atoms with Crippen molar-refractivity contribution in [1.82, 2.24) is 5.32 Å². The van der Waals surface area contributed by atoms with Crippen LogP contribution in [-0.2, 0) is 23.7 Å². The zero-order valence-electron chi connectivity index (χ0n) is 52.2. The molecular formula is C69H123NO13. The molecule has 14 nitrogen and oxygen atoms in total. The first kappa shape index (κ1) is 76.5. The minimum Gasteiger partial charge on any atom is -0.394 e. The average molecular weight is 1170 g/mol. The molecule has 2 rings (SSSR count). The summed E-state index contributed by atoms with van der Waals surface area (Å²) in [6, 6.07) is -0.943. The Morgan fingerprint density at radius 2 is 0.807 bits per heavy atom. The Labute approximate surface area is 504 Å². The number of carbonyl (C=O) groups excluding carboxylic acids is 1. The lowest BCUT2D eigenvalue weighted by atomic mass is 9.97. The minimum absolute atomic E-state index is 0.255. The molecule has 1 amide bonds. The number of amides is 1. The molecule has 0 radical (unpaired) electrons. The molecular weight excluding hydrogens is 1050 g/mol. The van der Waals surface area contributed by atoms with Crippen molar-refractivity contribution in [3.63, 3.8) is 0 Å². The van der Waals surface area contributed by atoms with Gasteiger partial charge in [-0.2, -0.15) is 0 Å². The Kier molecular flexibility index (Phi) is 49.5. The topological polar surface area (TPSA) is 228 Å². The summed E-state index contributed by atoms with van der Waals surface area (Å²) in [7, 11) is 0. The lowest BCUT2D eigenvalue weighted by Gasteiger charge is -2.46. The monoisotopic (exact) mass is 1170 g/mol. The highest BCUT2D eigenvalue weighted by Gasteiger charge is 2.51. The molecule has 9 N–H and O–H groups in total. The summed E-state index contributed by atoms with van der Waals surface area (Å²) < 4.78 is 22.8. The molecule has 0 saturated carbocycles. The molecule has 14 heteroatoms. The van der Waals surface area contributed by atoms with Gasteiger partial charge in [-0.25, -0.2) is 0 Å². The van der Waals surface area contributed by atoms with E-state index >= 15 is 0 Å². The summed E-state index contributed by atoms with van der Waals surface area (Å²) in [5.41, 5.74) is 0. The van der Waals surface area contributed by atoms with E-state index in [2.05, 4.69) is 79.9 Å². The second-order valence-corrected chi connectivity index (χ2v) is 23.6. The van der Waals surface area contributed by atoms with E-state index in [1.54, 1.807) is 6.08 Å². The zero-order chi connectivity index (χ0) is 60.2. The standard InChI is InChI=1S/C69H123NO13/c1-3-5-7-9-11-13-15-17-19-21-23-25-27-28-29-30-31-33-35-37-39-41-43-45-47-49-51-53-61(74)70-57(56-80-68-66(79)64(77)67(60(55-72)82-68)83-69-65(78)63(76)62(75)59(54-71)81-69)58(73)52-50-48-46-44-42-40-38-36-34-32-26-24-22-20-18-16-14-12-10-8-6-4-2/h15,17,21,23,27-28,34,36,42,44,50,52,57-60,62-69,71-73,75-79H,3-14,16,18-20,22,24-26,29-33,35,37-41,43,45-49,51,53-56H2,1-2H3,(H,70,74)/b17-15-,23-21-,28-27-,36-34+,44-42+,52-50+. The fraction of sp³-hybridized carbons (Fsp3) is 0.812. The third-order valence-electron chi connectivity index (χ3n) is 16.1. The first-order valence-corrected chi connectivity index (χ1v) is 33.7. The van der Waals surface area contributed by atoms with E-state index in [4.69, 9.17) is 18.9 Å². The van der Waals surface area contributed by atoms with E-state index in [0.717, 1.165) is 64.2 Å². The van der Waals surface area contributed by atoms with Crippen LogP contribution in [0.4, 0.5) is 0 Å². The van der Waals surface area contributed by atoms with Gasteiger partial charge in [0.15, 0.2) is 12.6 Å². The number of unbranched alkanes of at least 4 members (excludes halogenated alkanes) is 31. The molecule has 0 spiro atoms. The molecule has 2 aliphatic heterocycles. The Morgan fingerprint density at radius 3 is 1.27 bits per heavy atom. The third-order valence-corrected chi connectivity index (χ3v) is 16.1. The highest BCUT2D eigenvalue weighted by atomic mass is 16.7. The maximum atomic E-state index is 13.3. The molecule has 0 aromatic heterocycles. The summed E-state index contributed by atoms with van der Waals surface area (Å²) in [6.45, 7) is 2.78. The van der Waals surface area contributed by atoms with Crippen molar-refractivity contribution in [3.8, 4) is 0 Å². The lowest BCUT2D eigenvalue weighted by Crippen LogP contribution is -2.65. The van der Waals surface area contributed by atoms with Gasteiger partial charge in [0.05, 0.1) is 32.0 Å². The highest BCUT2D eigenvalue weighted by Crippen LogP contribution is 2.30. The summed E-state index contributed by atoms with van der Waals surface area (Å²) >= 11 is 0. The molecule has 83 heavy (non-hydrogen) atoms. The normalized spacial score (nSPS) is 24.3. The van der Waals surface area contributed by atoms with Crippen molar-refractivity contribution in [2.45, 2.75) is 338 Å². The number of nitrogens with one attached hydrogen (secondary N) is 1. The van der Waals surface area contributed by atoms with Crippen LogP contribution in [0.25, 0.3) is 0 Å². The van der Waals surface area contributed by atoms with E-state index in [0.29, 0.717) is 12.8 Å². The number of aliphatic hydroxyl groups is 8. The SMILES string of the molecule is CCCCCCC/C=C\C/C=C\C/C=C\CCCCCCCCCCCCCCC(=O)NC(COC1OC(CO)C(OC2OC(CO)C(O)C(O)C2O)C(O)C1O)C(O)/C=C/CC/C=C/CC/C=C/CCCCCCCCCCCCCC. The van der Waals surface area contributed by atoms with Gasteiger partial charge in [-0.15, -0.1) is 0 Å². The van der Waals surface area contributed by atoms with Gasteiger partial charge in [-0.1, -0.05) is 247 Å². The summed E-state index contributed by atoms with van der Waals surface area (Å²) in [5, 5.41) is 87.3. The molecule has 482 valence electrons. The second kappa shape index (κ2) is 53.7. The van der Waals surface area contributed by atoms with Crippen molar-refractivity contribution >= 4 is 5.91 Å². The van der Waals surface area contributed by atoms with Crippen molar-refractivity contribution in [1.29, 1.82) is 0 Å². The second-order valence-electron chi connectivity index (χ2n) is 23.6. The van der Waals surface area contributed by atoms with Crippen LogP contribution in [0, 0.1) is 0 Å². The lowest BCUT2D eigenvalue weighted by molar-refractivity contribution is -0.359. The molecule has 2 saturated heterocycles. The fourth-order valence-electron chi connectivity index (χ4n) is 10.7. The zero-order valence-corrected chi connectivity index (χ0v) is 52.2. The van der Waals surface area contributed by atoms with E-state index in [9.17, 15) is 45.6 Å². The van der Waals surface area contributed by atoms with Gasteiger partial charge in [0.2, 0.25) is 5.91 Å². The molecule has 0 bridgehead atoms. The van der Waals surface area contributed by atoms with Gasteiger partial charge < -0.3 is 65.1 Å². The quantitative estimate of drug-likeness (QED) is 0.0204. The van der Waals surface area contributed by atoms with Crippen LogP contribution in [0.15, 0.2) is 72.9 Å². The molecule has 2 heterocycles. The van der Waals surface area contributed by atoms with Crippen molar-refractivity contribution < 1.29 is 64.6 Å². The first-order chi connectivity index (χ1) is 40.6. The highest BCUT2D eigenvalue weighted by molar-refractivity contribution is 5.76. The van der Waals surface area contributed by atoms with Crippen molar-refractivity contribution in [2.24, 2.45) is 0 Å². The number of hydrogen-bond donors (Lipinski definition) is 9. The predicted molar refractivity (Wildman–Crippen MR) is 337 cm³/mol. The maximum Gasteiger partial charge on any atom is 0.220 e. The molecule has 0 aromatic rings. The van der Waals surface area contributed by atoms with Crippen LogP contribution in [-0.4, -0.2) is 140 Å². The number of aliphatic hydroxyl groups excluding tert-OH is 8. The van der Waals surface area contributed by atoms with E-state index in [1.165, 1.54) is 167 Å². The van der Waals surface area contributed by atoms with Crippen molar-refractivity contribution in [2.75, 3.05) is 19.8 Å². The summed E-state index contributed by atoms with van der Waals surface area (Å²) in [6.07, 6.45) is 55.2. The fourth-order valence-corrected chi connectivity index (χ4v) is 10.7. The Hall–Kier alpha value is -2.57. The van der Waals surface area contributed by atoms with E-state index < -0.39 is 86.8 Å². The van der Waals surface area contributed by atoms with Crippen LogP contribution in [0.1, 0.15) is 264 Å². The molecule has 0 aromatic carbocycles. The molecule has 12 atom stereocenters. The maximum absolute atomic E-state index is 13.3. The van der Waals surface area contributed by atoms with Gasteiger partial charge in [-0.3, -0.25) is 4.79 Å². The third kappa shape index (κ3) is 38.4. The number of ether oxygens (including phenoxy) is 4. The Bertz CT molecular complexity index is 1670. The Morgan fingerprint density at radius 1 is 0.434 bits per heavy atom. The van der Waals surface area contributed by atoms with Crippen molar-refractivity contribution in [3.05, 3.63) is 72.9 Å². The van der Waals surface area contributed by atoms with Crippen LogP contribution < -0.4 is 5.32 Å². The first-order valence-electron chi connectivity index (χ1n) is 33.7. The summed E-state index contributed by atoms with van der Waals surface area (Å²) in [5.74, 6) is -0.255. The van der Waals surface area contributed by atoms with Gasteiger partial charge in [0, 0.05) is 6.42 Å². The predicted octanol–water partition coefficient (Wildman–Crippen LogP) is 13.1. The number of allylic oxidation sites excluding steroid dienone is 11. The van der Waals surface area contributed by atoms with Crippen LogP contribution in [0.5, 0.6) is 0 Å². The van der Waals surface area contributed by atoms with Crippen LogP contribution in [0.2, 0.25) is 0 Å². The molecule has 12 unspecified atom stereocenters. The largest absolute Gasteiger partial charge is 0.394 e. The Balaban J connectivity index is 1.73. The van der Waals surface area contributed by atoms with Crippen LogP contribution in [0.3, 0.4) is 0 Å². The minimum atomic E-state index is -1.80. The molecule has 2 fully saturated rings.